The zero-order valence-electron chi connectivity index (χ0n) is 16.3. The summed E-state index contributed by atoms with van der Waals surface area (Å²) >= 11 is 0. The second kappa shape index (κ2) is 9.52. The molecule has 2 rings (SSSR count). The Labute approximate surface area is 166 Å². The minimum Gasteiger partial charge on any atom is -0.481 e. The van der Waals surface area contributed by atoms with Crippen LogP contribution in [0.2, 0.25) is 0 Å². The highest BCUT2D eigenvalue weighted by molar-refractivity contribution is 7.89. The molecule has 150 valence electrons. The number of hydrogen-bond donors (Lipinski definition) is 2. The molecule has 0 aromatic heterocycles. The standard InChI is InChI=1S/C21H26N2O4S/c1-5-14-22-28(25,26)20-12-8-18(9-13-20)23-21(24)16(4)27-19-10-6-17(7-11-19)15(2)3/h5-13,15-16,22H,1,14H2,2-4H3,(H,23,24)/t16-/m0/s1. The topological polar surface area (TPSA) is 84.5 Å². The number of carbonyl (C=O) groups is 1. The monoisotopic (exact) mass is 402 g/mol. The molecule has 0 spiro atoms. The second-order valence-electron chi connectivity index (χ2n) is 6.64. The number of amides is 1. The average Bonchev–Trinajstić information content (AvgIpc) is 2.67. The van der Waals surface area contributed by atoms with E-state index in [-0.39, 0.29) is 17.3 Å². The Kier molecular flexibility index (Phi) is 7.37. The van der Waals surface area contributed by atoms with Gasteiger partial charge in [-0.1, -0.05) is 32.1 Å². The molecule has 0 aliphatic rings. The third-order valence-electron chi connectivity index (χ3n) is 4.08. The molecular formula is C21H26N2O4S. The first kappa shape index (κ1) is 21.7. The van der Waals surface area contributed by atoms with Gasteiger partial charge in [-0.25, -0.2) is 13.1 Å². The van der Waals surface area contributed by atoms with Gasteiger partial charge in [-0.2, -0.15) is 0 Å². The Hall–Kier alpha value is -2.64. The molecule has 0 radical (unpaired) electrons. The van der Waals surface area contributed by atoms with Crippen LogP contribution in [-0.2, 0) is 14.8 Å². The molecular weight excluding hydrogens is 376 g/mol. The van der Waals surface area contributed by atoms with Crippen LogP contribution >= 0.6 is 0 Å². The number of rotatable bonds is 9. The molecule has 2 aromatic rings. The fourth-order valence-corrected chi connectivity index (χ4v) is 3.40. The summed E-state index contributed by atoms with van der Waals surface area (Å²) in [5.74, 6) is 0.712. The predicted molar refractivity (Wildman–Crippen MR) is 111 cm³/mol. The molecule has 1 atom stereocenters. The summed E-state index contributed by atoms with van der Waals surface area (Å²) in [6.07, 6.45) is 0.756. The van der Waals surface area contributed by atoms with Gasteiger partial charge in [0.1, 0.15) is 5.75 Å². The van der Waals surface area contributed by atoms with E-state index in [0.29, 0.717) is 17.4 Å². The summed E-state index contributed by atoms with van der Waals surface area (Å²) < 4.78 is 32.1. The van der Waals surface area contributed by atoms with E-state index in [2.05, 4.69) is 30.5 Å². The lowest BCUT2D eigenvalue weighted by Crippen LogP contribution is -2.30. The van der Waals surface area contributed by atoms with Crippen LogP contribution in [0.4, 0.5) is 5.69 Å². The second-order valence-corrected chi connectivity index (χ2v) is 8.40. The quantitative estimate of drug-likeness (QED) is 0.627. The molecule has 0 bridgehead atoms. The smallest absolute Gasteiger partial charge is 0.265 e. The van der Waals surface area contributed by atoms with E-state index in [1.165, 1.54) is 35.9 Å². The van der Waals surface area contributed by atoms with Gasteiger partial charge in [0.05, 0.1) is 4.90 Å². The lowest BCUT2D eigenvalue weighted by molar-refractivity contribution is -0.122. The molecule has 0 heterocycles. The van der Waals surface area contributed by atoms with Crippen LogP contribution in [0.25, 0.3) is 0 Å². The Morgan fingerprint density at radius 3 is 2.21 bits per heavy atom. The first-order valence-corrected chi connectivity index (χ1v) is 10.5. The number of benzene rings is 2. The molecule has 6 nitrogen and oxygen atoms in total. The molecule has 2 aromatic carbocycles. The predicted octanol–water partition coefficient (Wildman–Crippen LogP) is 3.68. The average molecular weight is 403 g/mol. The molecule has 2 N–H and O–H groups in total. The maximum Gasteiger partial charge on any atom is 0.265 e. The Morgan fingerprint density at radius 2 is 1.68 bits per heavy atom. The third-order valence-corrected chi connectivity index (χ3v) is 5.52. The highest BCUT2D eigenvalue weighted by atomic mass is 32.2. The van der Waals surface area contributed by atoms with Gasteiger partial charge in [0, 0.05) is 12.2 Å². The van der Waals surface area contributed by atoms with Crippen LogP contribution in [0.5, 0.6) is 5.75 Å². The van der Waals surface area contributed by atoms with Crippen LogP contribution < -0.4 is 14.8 Å². The van der Waals surface area contributed by atoms with E-state index in [1.807, 2.05) is 24.3 Å². The molecule has 0 fully saturated rings. The summed E-state index contributed by atoms with van der Waals surface area (Å²) in [6.45, 7) is 9.50. The van der Waals surface area contributed by atoms with Crippen LogP contribution in [0.15, 0.2) is 66.1 Å². The van der Waals surface area contributed by atoms with Gasteiger partial charge in [0.25, 0.3) is 5.91 Å². The van der Waals surface area contributed by atoms with Crippen LogP contribution in [0.1, 0.15) is 32.3 Å². The van der Waals surface area contributed by atoms with Crippen molar-refractivity contribution in [3.05, 3.63) is 66.7 Å². The summed E-state index contributed by atoms with van der Waals surface area (Å²) in [5, 5.41) is 2.72. The Bertz CT molecular complexity index is 904. The van der Waals surface area contributed by atoms with E-state index in [4.69, 9.17) is 4.74 Å². The number of anilines is 1. The van der Waals surface area contributed by atoms with Crippen LogP contribution in [-0.4, -0.2) is 27.0 Å². The fourth-order valence-electron chi connectivity index (χ4n) is 2.40. The number of ether oxygens (including phenoxy) is 1. The largest absolute Gasteiger partial charge is 0.481 e. The maximum absolute atomic E-state index is 12.3. The van der Waals surface area contributed by atoms with Gasteiger partial charge in [-0.3, -0.25) is 4.79 Å². The maximum atomic E-state index is 12.3. The first-order chi connectivity index (χ1) is 13.2. The summed E-state index contributed by atoms with van der Waals surface area (Å²) in [5.41, 5.74) is 1.68. The van der Waals surface area contributed by atoms with Crippen molar-refractivity contribution in [3.63, 3.8) is 0 Å². The van der Waals surface area contributed by atoms with Crippen molar-refractivity contribution in [1.29, 1.82) is 0 Å². The number of nitrogens with one attached hydrogen (secondary N) is 2. The molecule has 0 saturated heterocycles. The van der Waals surface area contributed by atoms with E-state index in [9.17, 15) is 13.2 Å². The van der Waals surface area contributed by atoms with E-state index >= 15 is 0 Å². The molecule has 1 amide bonds. The lowest BCUT2D eigenvalue weighted by Gasteiger charge is -2.15. The van der Waals surface area contributed by atoms with Crippen molar-refractivity contribution in [2.45, 2.75) is 37.7 Å². The van der Waals surface area contributed by atoms with E-state index < -0.39 is 16.1 Å². The van der Waals surface area contributed by atoms with Crippen molar-refractivity contribution in [3.8, 4) is 5.75 Å². The van der Waals surface area contributed by atoms with Gasteiger partial charge < -0.3 is 10.1 Å². The number of sulfonamides is 1. The lowest BCUT2D eigenvalue weighted by atomic mass is 10.0. The van der Waals surface area contributed by atoms with E-state index in [1.54, 1.807) is 6.92 Å². The number of hydrogen-bond acceptors (Lipinski definition) is 4. The highest BCUT2D eigenvalue weighted by Crippen LogP contribution is 2.20. The Balaban J connectivity index is 1.97. The molecule has 7 heteroatoms. The van der Waals surface area contributed by atoms with Crippen molar-refractivity contribution in [1.82, 2.24) is 4.72 Å². The highest BCUT2D eigenvalue weighted by Gasteiger charge is 2.16. The molecule has 0 unspecified atom stereocenters. The van der Waals surface area contributed by atoms with Gasteiger partial charge in [-0.05, 0) is 54.8 Å². The molecule has 0 aliphatic heterocycles. The van der Waals surface area contributed by atoms with Crippen LogP contribution in [0.3, 0.4) is 0 Å². The van der Waals surface area contributed by atoms with Gasteiger partial charge >= 0.3 is 0 Å². The molecule has 28 heavy (non-hydrogen) atoms. The zero-order chi connectivity index (χ0) is 20.7. The minimum absolute atomic E-state index is 0.113. The zero-order valence-corrected chi connectivity index (χ0v) is 17.1. The summed E-state index contributed by atoms with van der Waals surface area (Å²) in [6, 6.07) is 13.6. The minimum atomic E-state index is -3.59. The normalized spacial score (nSPS) is 12.4. The number of carbonyl (C=O) groups excluding carboxylic acids is 1. The third kappa shape index (κ3) is 5.94. The summed E-state index contributed by atoms with van der Waals surface area (Å²) in [4.78, 5) is 12.5. The van der Waals surface area contributed by atoms with Gasteiger partial charge in [0.15, 0.2) is 6.10 Å². The van der Waals surface area contributed by atoms with E-state index in [0.717, 1.165) is 0 Å². The van der Waals surface area contributed by atoms with Gasteiger partial charge in [0.2, 0.25) is 10.0 Å². The van der Waals surface area contributed by atoms with Crippen molar-refractivity contribution >= 4 is 21.6 Å². The first-order valence-electron chi connectivity index (χ1n) is 9.01. The van der Waals surface area contributed by atoms with Gasteiger partial charge in [-0.15, -0.1) is 6.58 Å². The van der Waals surface area contributed by atoms with Crippen LogP contribution in [0, 0.1) is 0 Å². The van der Waals surface area contributed by atoms with Crippen molar-refractivity contribution in [2.24, 2.45) is 0 Å². The fraction of sp³-hybridized carbons (Fsp3) is 0.286. The summed E-state index contributed by atoms with van der Waals surface area (Å²) in [7, 11) is -3.59. The Morgan fingerprint density at radius 1 is 1.07 bits per heavy atom. The van der Waals surface area contributed by atoms with Crippen molar-refractivity contribution < 1.29 is 17.9 Å². The van der Waals surface area contributed by atoms with Crippen molar-refractivity contribution in [2.75, 3.05) is 11.9 Å². The SMILES string of the molecule is C=CCNS(=O)(=O)c1ccc(NC(=O)[C@H](C)Oc2ccc(C(C)C)cc2)cc1. The molecule has 0 aliphatic carbocycles. The molecule has 0 saturated carbocycles.